The average Bonchev–Trinajstić information content (AvgIpc) is 2.70. The van der Waals surface area contributed by atoms with Crippen LogP contribution in [0.25, 0.3) is 21.5 Å². The maximum Gasteiger partial charge on any atom is 0.233 e. The van der Waals surface area contributed by atoms with Crippen LogP contribution in [-0.2, 0) is 0 Å². The van der Waals surface area contributed by atoms with Crippen molar-refractivity contribution in [3.63, 3.8) is 0 Å². The minimum atomic E-state index is -0.410. The van der Waals surface area contributed by atoms with Gasteiger partial charge in [-0.05, 0) is 34.4 Å². The Morgan fingerprint density at radius 1 is 0.786 bits per heavy atom. The summed E-state index contributed by atoms with van der Waals surface area (Å²) in [6.45, 7) is 0. The molecule has 0 fully saturated rings. The smallest absolute Gasteiger partial charge is 0.233 e. The first-order chi connectivity index (χ1) is 6.75. The van der Waals surface area contributed by atoms with Crippen molar-refractivity contribution >= 4 is 21.5 Å². The Balaban J connectivity index is 2.69. The maximum atomic E-state index is 11.4. The van der Waals surface area contributed by atoms with E-state index >= 15 is 0 Å². The summed E-state index contributed by atoms with van der Waals surface area (Å²) >= 11 is 0. The molecule has 0 aromatic heterocycles. The monoisotopic (exact) mass is 182 g/mol. The minimum Gasteiger partial charge on any atom is -0.286 e. The molecule has 2 nitrogen and oxygen atoms in total. The van der Waals surface area contributed by atoms with Crippen molar-refractivity contribution in [1.82, 2.24) is 0 Å². The van der Waals surface area contributed by atoms with Gasteiger partial charge in [0, 0.05) is 5.39 Å². The molecular formula is C12H6O2. The van der Waals surface area contributed by atoms with Gasteiger partial charge in [0.25, 0.3) is 0 Å². The molecule has 0 spiro atoms. The molecule has 66 valence electrons. The van der Waals surface area contributed by atoms with Crippen molar-refractivity contribution in [2.24, 2.45) is 0 Å². The van der Waals surface area contributed by atoms with Crippen LogP contribution in [0.4, 0.5) is 0 Å². The normalized spacial score (nSPS) is 11.4. The predicted molar refractivity (Wildman–Crippen MR) is 56.4 cm³/mol. The van der Waals surface area contributed by atoms with Crippen LogP contribution in [0, 0.1) is 0 Å². The van der Waals surface area contributed by atoms with Crippen molar-refractivity contribution in [3.05, 3.63) is 56.8 Å². The molecule has 0 unspecified atom stereocenters. The van der Waals surface area contributed by atoms with E-state index in [0.717, 1.165) is 16.2 Å². The summed E-state index contributed by atoms with van der Waals surface area (Å²) in [5.41, 5.74) is -0.796. The van der Waals surface area contributed by atoms with E-state index in [-0.39, 0.29) is 5.43 Å². The predicted octanol–water partition coefficient (Wildman–Crippen LogP) is 1.59. The number of hydrogen-bond acceptors (Lipinski definition) is 2. The summed E-state index contributed by atoms with van der Waals surface area (Å²) in [6.07, 6.45) is 0. The SMILES string of the molecule is O=c1cc2cc3cccc3cc2c1=O. The molecule has 2 heteroatoms. The van der Waals surface area contributed by atoms with E-state index in [2.05, 4.69) is 0 Å². The van der Waals surface area contributed by atoms with Crippen LogP contribution >= 0.6 is 0 Å². The van der Waals surface area contributed by atoms with Gasteiger partial charge in [0.15, 0.2) is 0 Å². The Kier molecular flexibility index (Phi) is 1.22. The third kappa shape index (κ3) is 0.799. The van der Waals surface area contributed by atoms with Crippen molar-refractivity contribution in [1.29, 1.82) is 0 Å². The molecule has 3 rings (SSSR count). The first-order valence-electron chi connectivity index (χ1n) is 4.38. The van der Waals surface area contributed by atoms with E-state index in [9.17, 15) is 9.59 Å². The maximum absolute atomic E-state index is 11.4. The quantitative estimate of drug-likeness (QED) is 0.495. The second-order valence-corrected chi connectivity index (χ2v) is 3.43. The molecule has 0 aliphatic rings. The minimum absolute atomic E-state index is 0.386. The first kappa shape index (κ1) is 7.44. The number of rotatable bonds is 0. The second-order valence-electron chi connectivity index (χ2n) is 3.43. The van der Waals surface area contributed by atoms with Gasteiger partial charge in [0.05, 0.1) is 0 Å². The van der Waals surface area contributed by atoms with Crippen LogP contribution in [0.2, 0.25) is 0 Å². The summed E-state index contributed by atoms with van der Waals surface area (Å²) in [5, 5.41) is 3.37. The highest BCUT2D eigenvalue weighted by atomic mass is 16.2. The highest BCUT2D eigenvalue weighted by Crippen LogP contribution is 2.20. The first-order valence-corrected chi connectivity index (χ1v) is 4.38. The number of benzene rings is 1. The summed E-state index contributed by atoms with van der Waals surface area (Å²) in [6, 6.07) is 10.9. The van der Waals surface area contributed by atoms with Crippen LogP contribution < -0.4 is 10.9 Å². The third-order valence-electron chi connectivity index (χ3n) is 2.56. The Labute approximate surface area is 79.1 Å². The molecule has 0 N–H and O–H groups in total. The van der Waals surface area contributed by atoms with Crippen LogP contribution in [0.3, 0.4) is 0 Å². The summed E-state index contributed by atoms with van der Waals surface area (Å²) in [4.78, 5) is 22.5. The third-order valence-corrected chi connectivity index (χ3v) is 2.56. The zero-order chi connectivity index (χ0) is 9.71. The lowest BCUT2D eigenvalue weighted by Gasteiger charge is -1.90. The van der Waals surface area contributed by atoms with Gasteiger partial charge >= 0.3 is 0 Å². The fraction of sp³-hybridized carbons (Fsp3) is 0. The van der Waals surface area contributed by atoms with Gasteiger partial charge in [-0.3, -0.25) is 9.59 Å². The highest BCUT2D eigenvalue weighted by molar-refractivity contribution is 5.99. The van der Waals surface area contributed by atoms with E-state index in [1.807, 2.05) is 24.3 Å². The zero-order valence-electron chi connectivity index (χ0n) is 7.28. The second kappa shape index (κ2) is 2.29. The number of hydrogen-bond donors (Lipinski definition) is 0. The van der Waals surface area contributed by atoms with Crippen molar-refractivity contribution < 1.29 is 0 Å². The summed E-state index contributed by atoms with van der Waals surface area (Å²) in [5.74, 6) is 0. The fourth-order valence-electron chi connectivity index (χ4n) is 1.85. The molecule has 0 aliphatic carbocycles. The van der Waals surface area contributed by atoms with Crippen molar-refractivity contribution in [2.45, 2.75) is 0 Å². The van der Waals surface area contributed by atoms with Crippen LogP contribution in [0.15, 0.2) is 46.0 Å². The molecule has 0 atom stereocenters. The molecule has 0 saturated heterocycles. The molecule has 14 heavy (non-hydrogen) atoms. The number of fused-ring (bicyclic) bond motifs is 2. The van der Waals surface area contributed by atoms with Crippen LogP contribution in [0.1, 0.15) is 0 Å². The van der Waals surface area contributed by atoms with Crippen LogP contribution in [0.5, 0.6) is 0 Å². The molecule has 0 saturated carbocycles. The van der Waals surface area contributed by atoms with Crippen molar-refractivity contribution in [2.75, 3.05) is 0 Å². The molecule has 3 aromatic rings. The average molecular weight is 182 g/mol. The Hall–Kier alpha value is -1.96. The van der Waals surface area contributed by atoms with Gasteiger partial charge < -0.3 is 0 Å². The van der Waals surface area contributed by atoms with E-state index in [4.69, 9.17) is 0 Å². The molecule has 0 amide bonds. The summed E-state index contributed by atoms with van der Waals surface area (Å²) < 4.78 is 0. The Morgan fingerprint density at radius 2 is 1.50 bits per heavy atom. The van der Waals surface area contributed by atoms with E-state index in [1.165, 1.54) is 6.07 Å². The lowest BCUT2D eigenvalue weighted by atomic mass is 10.1. The standard InChI is InChI=1S/C12H6O2/c13-11-6-9-4-7-2-1-3-8(7)5-10(9)12(11)14/h1-6H. The lowest BCUT2D eigenvalue weighted by molar-refractivity contribution is 1.64. The van der Waals surface area contributed by atoms with Gasteiger partial charge in [-0.15, -0.1) is 0 Å². The molecule has 0 aliphatic heterocycles. The lowest BCUT2D eigenvalue weighted by Crippen LogP contribution is -2.15. The van der Waals surface area contributed by atoms with Gasteiger partial charge in [0.2, 0.25) is 10.9 Å². The summed E-state index contributed by atoms with van der Waals surface area (Å²) in [7, 11) is 0. The topological polar surface area (TPSA) is 34.1 Å². The molecule has 3 aromatic carbocycles. The molecular weight excluding hydrogens is 176 g/mol. The van der Waals surface area contributed by atoms with Gasteiger partial charge in [-0.2, -0.15) is 0 Å². The Morgan fingerprint density at radius 3 is 2.29 bits per heavy atom. The van der Waals surface area contributed by atoms with Gasteiger partial charge in [0.1, 0.15) is 0 Å². The highest BCUT2D eigenvalue weighted by Gasteiger charge is 2.06. The van der Waals surface area contributed by atoms with Gasteiger partial charge in [-0.25, -0.2) is 0 Å². The van der Waals surface area contributed by atoms with E-state index < -0.39 is 5.43 Å². The molecule has 0 heterocycles. The van der Waals surface area contributed by atoms with Crippen molar-refractivity contribution in [3.8, 4) is 0 Å². The zero-order valence-corrected chi connectivity index (χ0v) is 7.28. The van der Waals surface area contributed by atoms with E-state index in [1.54, 1.807) is 6.07 Å². The van der Waals surface area contributed by atoms with Crippen LogP contribution in [-0.4, -0.2) is 0 Å². The largest absolute Gasteiger partial charge is 0.286 e. The van der Waals surface area contributed by atoms with Gasteiger partial charge in [-0.1, -0.05) is 18.2 Å². The Bertz CT molecular complexity index is 716. The fourth-order valence-corrected chi connectivity index (χ4v) is 1.85. The molecule has 0 radical (unpaired) electrons. The van der Waals surface area contributed by atoms with E-state index in [0.29, 0.717) is 5.39 Å². The molecule has 0 bridgehead atoms.